The van der Waals surface area contributed by atoms with Crippen LogP contribution in [0.5, 0.6) is 5.75 Å². The number of rotatable bonds is 10. The number of aliphatic hydroxyl groups is 2. The van der Waals surface area contributed by atoms with Gasteiger partial charge in [0.1, 0.15) is 12.4 Å². The summed E-state index contributed by atoms with van der Waals surface area (Å²) in [4.78, 5) is 14.5. The second-order valence-corrected chi connectivity index (χ2v) is 16.0. The smallest absolute Gasteiger partial charge is 0.248 e. The molecular formula is C32H57N3O7S. The molecule has 0 radical (unpaired) electrons. The van der Waals surface area contributed by atoms with Crippen LogP contribution < -0.4 is 10.1 Å². The lowest BCUT2D eigenvalue weighted by Gasteiger charge is -2.42. The number of amides is 1. The van der Waals surface area contributed by atoms with Crippen LogP contribution in [0.3, 0.4) is 0 Å². The van der Waals surface area contributed by atoms with Crippen LogP contribution in [-0.4, -0.2) is 106 Å². The van der Waals surface area contributed by atoms with Gasteiger partial charge < -0.3 is 29.9 Å². The minimum Gasteiger partial charge on any atom is -0.497 e. The molecule has 4 atom stereocenters. The number of carbonyl (C=O) groups is 1. The number of benzene rings is 1. The molecule has 248 valence electrons. The highest BCUT2D eigenvalue weighted by atomic mass is 32.2. The van der Waals surface area contributed by atoms with Gasteiger partial charge in [0.2, 0.25) is 15.9 Å². The van der Waals surface area contributed by atoms with Gasteiger partial charge in [-0.15, -0.1) is 0 Å². The van der Waals surface area contributed by atoms with E-state index >= 15 is 0 Å². The second-order valence-electron chi connectivity index (χ2n) is 14.0. The van der Waals surface area contributed by atoms with Crippen LogP contribution in [-0.2, 0) is 19.6 Å². The Kier molecular flexibility index (Phi) is 13.5. The number of methoxy groups -OCH3 is 1. The number of ether oxygens (including phenoxy) is 2. The first-order valence-corrected chi connectivity index (χ1v) is 16.7. The standard InChI is InChI=1S/C23H38N2O6S.C9H19NO/c1-16-10-20(30-7)11-17(2)22(16)32(28,29)24(5)8-9-31-15-21(27)25(6)18-12-19(26)14-23(3,4)13-18;1-9(2)5-7(10-3)4-8(11)6-9/h10-11,18-19,26H,8-9,12-15H2,1-7H3;7-8,10-11H,4-6H2,1-3H3. The SMILES string of the molecule is CNC1CC(O)CC(C)(C)C1.COc1cc(C)c(S(=O)(=O)N(C)CCOCC(=O)N(C)C2CC(O)CC(C)(C)C2)c(C)c1. The molecule has 1 amide bonds. The number of aliphatic hydroxyl groups excluding tert-OH is 2. The molecule has 3 rings (SSSR count). The molecule has 1 aromatic rings. The van der Waals surface area contributed by atoms with Crippen LogP contribution >= 0.6 is 0 Å². The number of hydrogen-bond acceptors (Lipinski definition) is 8. The summed E-state index contributed by atoms with van der Waals surface area (Å²) < 4.78 is 38.0. The first-order chi connectivity index (χ1) is 19.8. The third kappa shape index (κ3) is 11.0. The van der Waals surface area contributed by atoms with Crippen LogP contribution in [0.25, 0.3) is 0 Å². The molecule has 10 nitrogen and oxygen atoms in total. The van der Waals surface area contributed by atoms with Crippen molar-refractivity contribution in [1.82, 2.24) is 14.5 Å². The van der Waals surface area contributed by atoms with Crippen LogP contribution in [0.4, 0.5) is 0 Å². The summed E-state index contributed by atoms with van der Waals surface area (Å²) in [6.45, 7) is 12.2. The Bertz CT molecular complexity index is 1150. The van der Waals surface area contributed by atoms with Crippen molar-refractivity contribution in [3.05, 3.63) is 23.3 Å². The summed E-state index contributed by atoms with van der Waals surface area (Å²) in [5.41, 5.74) is 1.52. The van der Waals surface area contributed by atoms with E-state index in [0.29, 0.717) is 34.8 Å². The summed E-state index contributed by atoms with van der Waals surface area (Å²) in [6, 6.07) is 3.87. The summed E-state index contributed by atoms with van der Waals surface area (Å²) in [7, 11) is 3.04. The van der Waals surface area contributed by atoms with Gasteiger partial charge in [-0.1, -0.05) is 27.7 Å². The Balaban J connectivity index is 0.000000490. The van der Waals surface area contributed by atoms with Gasteiger partial charge >= 0.3 is 0 Å². The maximum absolute atomic E-state index is 13.0. The zero-order valence-electron chi connectivity index (χ0n) is 28.1. The van der Waals surface area contributed by atoms with Crippen molar-refractivity contribution >= 4 is 15.9 Å². The summed E-state index contributed by atoms with van der Waals surface area (Å²) in [6.07, 6.45) is 4.66. The second kappa shape index (κ2) is 15.5. The molecule has 2 fully saturated rings. The highest BCUT2D eigenvalue weighted by molar-refractivity contribution is 7.89. The average molecular weight is 628 g/mol. The molecule has 0 heterocycles. The van der Waals surface area contributed by atoms with E-state index in [0.717, 1.165) is 25.7 Å². The molecule has 43 heavy (non-hydrogen) atoms. The zero-order chi connectivity index (χ0) is 32.8. The monoisotopic (exact) mass is 627 g/mol. The quantitative estimate of drug-likeness (QED) is 0.337. The minimum absolute atomic E-state index is 0.0213. The number of sulfonamides is 1. The molecule has 3 N–H and O–H groups in total. The Morgan fingerprint density at radius 1 is 0.977 bits per heavy atom. The van der Waals surface area contributed by atoms with E-state index in [1.54, 1.807) is 45.0 Å². The first-order valence-electron chi connectivity index (χ1n) is 15.3. The fraction of sp³-hybridized carbons (Fsp3) is 0.781. The number of aryl methyl sites for hydroxylation is 2. The number of hydrogen-bond donors (Lipinski definition) is 3. The molecule has 11 heteroatoms. The number of likely N-dealkylation sites (N-methyl/N-ethyl adjacent to an activating group) is 2. The molecule has 0 spiro atoms. The molecule has 0 aliphatic heterocycles. The first kappa shape index (κ1) is 37.4. The van der Waals surface area contributed by atoms with E-state index in [1.165, 1.54) is 17.8 Å². The van der Waals surface area contributed by atoms with Crippen molar-refractivity contribution < 1.29 is 32.9 Å². The highest BCUT2D eigenvalue weighted by Gasteiger charge is 2.36. The lowest BCUT2D eigenvalue weighted by Crippen LogP contribution is -2.47. The van der Waals surface area contributed by atoms with Crippen molar-refractivity contribution in [2.24, 2.45) is 10.8 Å². The largest absolute Gasteiger partial charge is 0.497 e. The van der Waals surface area contributed by atoms with Crippen molar-refractivity contribution in [3.63, 3.8) is 0 Å². The van der Waals surface area contributed by atoms with Gasteiger partial charge in [-0.25, -0.2) is 8.42 Å². The van der Waals surface area contributed by atoms with Crippen molar-refractivity contribution in [3.8, 4) is 5.75 Å². The lowest BCUT2D eigenvalue weighted by atomic mass is 9.73. The van der Waals surface area contributed by atoms with E-state index in [2.05, 4.69) is 33.0 Å². The minimum atomic E-state index is -3.70. The molecule has 0 saturated heterocycles. The Morgan fingerprint density at radius 2 is 1.51 bits per heavy atom. The van der Waals surface area contributed by atoms with E-state index < -0.39 is 16.1 Å². The molecule has 0 aromatic heterocycles. The molecular weight excluding hydrogens is 570 g/mol. The average Bonchev–Trinajstić information content (AvgIpc) is 2.87. The molecule has 2 saturated carbocycles. The molecule has 2 aliphatic carbocycles. The normalized spacial score (nSPS) is 25.0. The summed E-state index contributed by atoms with van der Waals surface area (Å²) in [5, 5.41) is 22.9. The van der Waals surface area contributed by atoms with E-state index in [9.17, 15) is 23.4 Å². The molecule has 4 unspecified atom stereocenters. The number of nitrogens with zero attached hydrogens (tertiary/aromatic N) is 2. The fourth-order valence-electron chi connectivity index (χ4n) is 6.61. The lowest BCUT2D eigenvalue weighted by molar-refractivity contribution is -0.139. The van der Waals surface area contributed by atoms with E-state index in [4.69, 9.17) is 9.47 Å². The van der Waals surface area contributed by atoms with Crippen LogP contribution in [0.2, 0.25) is 0 Å². The maximum atomic E-state index is 13.0. The predicted molar refractivity (Wildman–Crippen MR) is 170 cm³/mol. The number of nitrogens with one attached hydrogen (secondary N) is 1. The van der Waals surface area contributed by atoms with Gasteiger partial charge in [-0.3, -0.25) is 4.79 Å². The topological polar surface area (TPSA) is 129 Å². The van der Waals surface area contributed by atoms with Crippen LogP contribution in [0.1, 0.15) is 77.3 Å². The van der Waals surface area contributed by atoms with E-state index in [1.807, 2.05) is 7.05 Å². The van der Waals surface area contributed by atoms with E-state index in [-0.39, 0.29) is 48.1 Å². The Hall–Kier alpha value is -1.76. The van der Waals surface area contributed by atoms with Gasteiger partial charge in [0.05, 0.1) is 30.8 Å². The predicted octanol–water partition coefficient (Wildman–Crippen LogP) is 3.49. The zero-order valence-corrected chi connectivity index (χ0v) is 28.9. The van der Waals surface area contributed by atoms with Crippen molar-refractivity contribution in [1.29, 1.82) is 0 Å². The van der Waals surface area contributed by atoms with Gasteiger partial charge in [-0.05, 0) is 93.5 Å². The fourth-order valence-corrected chi connectivity index (χ4v) is 8.17. The maximum Gasteiger partial charge on any atom is 0.248 e. The van der Waals surface area contributed by atoms with Gasteiger partial charge in [-0.2, -0.15) is 4.31 Å². The third-order valence-electron chi connectivity index (χ3n) is 8.73. The number of carbonyl (C=O) groups excluding carboxylic acids is 1. The summed E-state index contributed by atoms with van der Waals surface area (Å²) >= 11 is 0. The van der Waals surface area contributed by atoms with Crippen molar-refractivity contribution in [2.75, 3.05) is 48.0 Å². The molecule has 1 aromatic carbocycles. The Morgan fingerprint density at radius 3 is 2.00 bits per heavy atom. The Labute approximate surface area is 260 Å². The van der Waals surface area contributed by atoms with Crippen LogP contribution in [0, 0.1) is 24.7 Å². The van der Waals surface area contributed by atoms with Gasteiger partial charge in [0, 0.05) is 32.7 Å². The van der Waals surface area contributed by atoms with Gasteiger partial charge in [0.15, 0.2) is 0 Å². The van der Waals surface area contributed by atoms with Crippen LogP contribution in [0.15, 0.2) is 17.0 Å². The molecule has 0 bridgehead atoms. The highest BCUT2D eigenvalue weighted by Crippen LogP contribution is 2.37. The van der Waals surface area contributed by atoms with Crippen molar-refractivity contribution in [2.45, 2.75) is 109 Å². The van der Waals surface area contributed by atoms with Gasteiger partial charge in [0.25, 0.3) is 0 Å². The third-order valence-corrected chi connectivity index (χ3v) is 10.9. The molecule has 2 aliphatic rings. The summed E-state index contributed by atoms with van der Waals surface area (Å²) in [5.74, 6) is 0.439.